The molecule has 1 nitrogen and oxygen atoms in total. The van der Waals surface area contributed by atoms with E-state index in [4.69, 9.17) is 23.6 Å². The van der Waals surface area contributed by atoms with Crippen LogP contribution in [0.2, 0.25) is 0 Å². The first kappa shape index (κ1) is 8.78. The molecule has 1 rings (SSSR count). The second kappa shape index (κ2) is 3.90. The van der Waals surface area contributed by atoms with Crippen LogP contribution in [0.25, 0.3) is 0 Å². The van der Waals surface area contributed by atoms with Crippen molar-refractivity contribution >= 4 is 23.6 Å². The zero-order valence-corrected chi connectivity index (χ0v) is 7.11. The van der Waals surface area contributed by atoms with E-state index in [9.17, 15) is 4.39 Å². The van der Waals surface area contributed by atoms with Crippen LogP contribution in [0.15, 0.2) is 24.3 Å². The third-order valence-corrected chi connectivity index (χ3v) is 1.43. The molecule has 0 atom stereocenters. The van der Waals surface area contributed by atoms with E-state index < -0.39 is 0 Å². The van der Waals surface area contributed by atoms with E-state index in [2.05, 4.69) is 0 Å². The van der Waals surface area contributed by atoms with Crippen molar-refractivity contribution in [2.75, 3.05) is 0 Å². The van der Waals surface area contributed by atoms with Crippen LogP contribution in [0.1, 0.15) is 5.56 Å². The first-order valence-electron chi connectivity index (χ1n) is 3.02. The van der Waals surface area contributed by atoms with Gasteiger partial charge in [-0.2, -0.15) is 0 Å². The summed E-state index contributed by atoms with van der Waals surface area (Å²) >= 11 is 10.7. The van der Waals surface area contributed by atoms with Gasteiger partial charge >= 0.3 is 0 Å². The maximum Gasteiger partial charge on any atom is 0.123 e. The highest BCUT2D eigenvalue weighted by Crippen LogP contribution is 2.10. The van der Waals surface area contributed by atoms with Crippen molar-refractivity contribution in [3.05, 3.63) is 35.6 Å². The first-order chi connectivity index (χ1) is 5.18. The van der Waals surface area contributed by atoms with Gasteiger partial charge in [-0.25, -0.2) is 4.39 Å². The molecular weight excluding hydrogens is 188 g/mol. The first-order valence-corrected chi connectivity index (χ1v) is 3.69. The van der Waals surface area contributed by atoms with E-state index in [0.29, 0.717) is 6.54 Å². The second-order valence-corrected chi connectivity index (χ2v) is 3.08. The fraction of sp³-hybridized carbons (Fsp3) is 0.143. The normalized spacial score (nSPS) is 10.5. The number of hydrogen-bond donors (Lipinski definition) is 0. The summed E-state index contributed by atoms with van der Waals surface area (Å²) in [6.07, 6.45) is 0. The number of rotatable bonds is 2. The van der Waals surface area contributed by atoms with Gasteiger partial charge in [-0.3, -0.25) is 0 Å². The van der Waals surface area contributed by atoms with Gasteiger partial charge in [0.05, 0.1) is 6.54 Å². The summed E-state index contributed by atoms with van der Waals surface area (Å²) in [6, 6.07) is 6.12. The van der Waals surface area contributed by atoms with Crippen LogP contribution in [-0.4, -0.2) is 3.94 Å². The predicted molar refractivity (Wildman–Crippen MR) is 43.6 cm³/mol. The van der Waals surface area contributed by atoms with Crippen molar-refractivity contribution in [2.45, 2.75) is 6.54 Å². The highest BCUT2D eigenvalue weighted by molar-refractivity contribution is 6.33. The maximum atomic E-state index is 12.5. The minimum absolute atomic E-state index is 0.280. The number of benzene rings is 1. The zero-order chi connectivity index (χ0) is 8.27. The monoisotopic (exact) mass is 193 g/mol. The molecule has 0 aliphatic heterocycles. The quantitative estimate of drug-likeness (QED) is 0.654. The highest BCUT2D eigenvalue weighted by atomic mass is 35.5. The molecule has 4 heteroatoms. The van der Waals surface area contributed by atoms with Crippen molar-refractivity contribution in [1.82, 2.24) is 3.94 Å². The summed E-state index contributed by atoms with van der Waals surface area (Å²) in [7, 11) is 0. The Hall–Kier alpha value is -0.310. The van der Waals surface area contributed by atoms with Gasteiger partial charge in [0.2, 0.25) is 0 Å². The van der Waals surface area contributed by atoms with Gasteiger partial charge in [0, 0.05) is 0 Å². The van der Waals surface area contributed by atoms with E-state index in [1.807, 2.05) is 0 Å². The third kappa shape index (κ3) is 3.06. The Kier molecular flexibility index (Phi) is 3.12. The van der Waals surface area contributed by atoms with Crippen molar-refractivity contribution in [3.63, 3.8) is 0 Å². The van der Waals surface area contributed by atoms with Crippen LogP contribution >= 0.6 is 23.6 Å². The molecule has 60 valence electrons. The zero-order valence-electron chi connectivity index (χ0n) is 5.60. The lowest BCUT2D eigenvalue weighted by atomic mass is 10.2. The fourth-order valence-electron chi connectivity index (χ4n) is 0.773. The third-order valence-electron chi connectivity index (χ3n) is 1.19. The molecule has 0 aromatic heterocycles. The molecule has 0 heterocycles. The van der Waals surface area contributed by atoms with Crippen molar-refractivity contribution in [3.8, 4) is 0 Å². The van der Waals surface area contributed by atoms with E-state index in [1.165, 1.54) is 12.1 Å². The molecular formula is C7H6Cl2FN. The van der Waals surface area contributed by atoms with E-state index in [1.54, 1.807) is 12.1 Å². The van der Waals surface area contributed by atoms with Gasteiger partial charge in [-0.1, -0.05) is 12.1 Å². The van der Waals surface area contributed by atoms with Crippen LogP contribution in [0.4, 0.5) is 4.39 Å². The van der Waals surface area contributed by atoms with E-state index >= 15 is 0 Å². The molecule has 0 unspecified atom stereocenters. The molecule has 0 radical (unpaired) electrons. The van der Waals surface area contributed by atoms with E-state index in [-0.39, 0.29) is 5.82 Å². The Balaban J connectivity index is 2.71. The lowest BCUT2D eigenvalue weighted by Gasteiger charge is -2.02. The van der Waals surface area contributed by atoms with E-state index in [0.717, 1.165) is 9.50 Å². The van der Waals surface area contributed by atoms with Gasteiger partial charge in [0.15, 0.2) is 0 Å². The summed E-state index contributed by atoms with van der Waals surface area (Å²) in [6.45, 7) is 0.320. The van der Waals surface area contributed by atoms with Gasteiger partial charge in [-0.05, 0) is 41.2 Å². The van der Waals surface area contributed by atoms with Crippen molar-refractivity contribution < 1.29 is 4.39 Å². The fourth-order valence-corrected chi connectivity index (χ4v) is 1.05. The number of nitrogens with zero attached hydrogens (tertiary/aromatic N) is 1. The molecule has 1 aromatic carbocycles. The van der Waals surface area contributed by atoms with Crippen LogP contribution in [-0.2, 0) is 6.54 Å². The topological polar surface area (TPSA) is 3.24 Å². The van der Waals surface area contributed by atoms with Gasteiger partial charge in [0.1, 0.15) is 5.82 Å². The number of halogens is 3. The maximum absolute atomic E-state index is 12.5. The minimum atomic E-state index is -0.280. The molecule has 0 aliphatic rings. The number of hydrogen-bond acceptors (Lipinski definition) is 1. The summed E-state index contributed by atoms with van der Waals surface area (Å²) in [4.78, 5) is 0. The molecule has 0 saturated heterocycles. The molecule has 0 spiro atoms. The van der Waals surface area contributed by atoms with Gasteiger partial charge in [0.25, 0.3) is 0 Å². The van der Waals surface area contributed by atoms with Gasteiger partial charge in [-0.15, -0.1) is 3.94 Å². The Bertz CT molecular complexity index is 240. The molecule has 0 amide bonds. The Labute approximate surface area is 74.6 Å². The Morgan fingerprint density at radius 2 is 2.09 bits per heavy atom. The Morgan fingerprint density at radius 1 is 1.36 bits per heavy atom. The van der Waals surface area contributed by atoms with Crippen LogP contribution in [0.3, 0.4) is 0 Å². The molecule has 0 aliphatic carbocycles. The second-order valence-electron chi connectivity index (χ2n) is 2.09. The average Bonchev–Trinajstić information content (AvgIpc) is 1.85. The standard InChI is InChI=1S/C7H6Cl2FN/c8-11(9)5-6-2-1-3-7(10)4-6/h1-4H,5H2. The summed E-state index contributed by atoms with van der Waals surface area (Å²) < 4.78 is 13.5. The van der Waals surface area contributed by atoms with Crippen molar-refractivity contribution in [1.29, 1.82) is 0 Å². The largest absolute Gasteiger partial charge is 0.207 e. The van der Waals surface area contributed by atoms with Crippen LogP contribution in [0, 0.1) is 5.82 Å². The average molecular weight is 194 g/mol. The predicted octanol–water partition coefficient (Wildman–Crippen LogP) is 2.94. The van der Waals surface area contributed by atoms with Crippen LogP contribution in [0.5, 0.6) is 0 Å². The molecule has 1 aromatic rings. The smallest absolute Gasteiger partial charge is 0.123 e. The summed E-state index contributed by atoms with van der Waals surface area (Å²) in [5, 5.41) is 0. The highest BCUT2D eigenvalue weighted by Gasteiger charge is 1.98. The lowest BCUT2D eigenvalue weighted by molar-refractivity contribution is 0.619. The minimum Gasteiger partial charge on any atom is -0.207 e. The molecule has 0 N–H and O–H groups in total. The van der Waals surface area contributed by atoms with Gasteiger partial charge < -0.3 is 0 Å². The summed E-state index contributed by atoms with van der Waals surface area (Å²) in [5.74, 6) is -0.280. The summed E-state index contributed by atoms with van der Waals surface area (Å²) in [5.41, 5.74) is 0.745. The molecule has 0 bridgehead atoms. The van der Waals surface area contributed by atoms with Crippen LogP contribution < -0.4 is 0 Å². The molecule has 0 fully saturated rings. The SMILES string of the molecule is Fc1cccc(CN(Cl)Cl)c1. The van der Waals surface area contributed by atoms with Crippen molar-refractivity contribution in [2.24, 2.45) is 0 Å². The molecule has 11 heavy (non-hydrogen) atoms. The lowest BCUT2D eigenvalue weighted by Crippen LogP contribution is -1.97. The molecule has 0 saturated carbocycles. The Morgan fingerprint density at radius 3 is 2.64 bits per heavy atom.